The summed E-state index contributed by atoms with van der Waals surface area (Å²) >= 11 is 0. The van der Waals surface area contributed by atoms with Gasteiger partial charge in [-0.25, -0.2) is 4.39 Å². The van der Waals surface area contributed by atoms with Crippen molar-refractivity contribution in [2.75, 3.05) is 27.4 Å². The molecule has 1 aromatic carbocycles. The first-order valence-corrected chi connectivity index (χ1v) is 6.15. The fourth-order valence-corrected chi connectivity index (χ4v) is 1.71. The SMILES string of the molecule is COCC(C)N(C)Cc1ccc(F)c(C#CCO)c1. The van der Waals surface area contributed by atoms with Crippen LogP contribution in [0.5, 0.6) is 0 Å². The maximum Gasteiger partial charge on any atom is 0.138 e. The molecule has 0 saturated heterocycles. The second-order valence-corrected chi connectivity index (χ2v) is 4.49. The number of rotatable bonds is 5. The first kappa shape index (κ1) is 15.6. The van der Waals surface area contributed by atoms with Gasteiger partial charge in [0, 0.05) is 19.7 Å². The number of halogens is 1. The Hall–Kier alpha value is -1.41. The average Bonchev–Trinajstić information content (AvgIpc) is 2.39. The van der Waals surface area contributed by atoms with Gasteiger partial charge in [0.25, 0.3) is 0 Å². The highest BCUT2D eigenvalue weighted by molar-refractivity contribution is 5.38. The first-order chi connectivity index (χ1) is 9.08. The molecule has 1 atom stereocenters. The van der Waals surface area contributed by atoms with E-state index in [0.29, 0.717) is 18.7 Å². The highest BCUT2D eigenvalue weighted by Crippen LogP contribution is 2.12. The Labute approximate surface area is 114 Å². The molecule has 0 aliphatic heterocycles. The lowest BCUT2D eigenvalue weighted by Gasteiger charge is -2.24. The van der Waals surface area contributed by atoms with Crippen molar-refractivity contribution in [3.8, 4) is 11.8 Å². The van der Waals surface area contributed by atoms with Gasteiger partial charge in [-0.15, -0.1) is 0 Å². The summed E-state index contributed by atoms with van der Waals surface area (Å²) in [6.45, 7) is 3.14. The molecule has 1 N–H and O–H groups in total. The molecule has 0 aliphatic rings. The molecule has 0 aromatic heterocycles. The molecular weight excluding hydrogens is 245 g/mol. The summed E-state index contributed by atoms with van der Waals surface area (Å²) in [4.78, 5) is 2.12. The van der Waals surface area contributed by atoms with Crippen LogP contribution in [0.3, 0.4) is 0 Å². The third-order valence-corrected chi connectivity index (χ3v) is 2.93. The van der Waals surface area contributed by atoms with E-state index in [1.807, 2.05) is 7.05 Å². The molecule has 4 heteroatoms. The summed E-state index contributed by atoms with van der Waals surface area (Å²) in [5.41, 5.74) is 1.30. The van der Waals surface area contributed by atoms with Crippen LogP contribution in [0, 0.1) is 17.7 Å². The standard InChI is InChI=1S/C15H20FNO2/c1-12(11-19-3)17(2)10-13-6-7-15(16)14(9-13)5-4-8-18/h6-7,9,12,18H,8,10-11H2,1-3H3. The van der Waals surface area contributed by atoms with E-state index < -0.39 is 0 Å². The van der Waals surface area contributed by atoms with Crippen LogP contribution in [0.25, 0.3) is 0 Å². The maximum absolute atomic E-state index is 13.5. The smallest absolute Gasteiger partial charge is 0.138 e. The van der Waals surface area contributed by atoms with Crippen LogP contribution in [0.4, 0.5) is 4.39 Å². The predicted octanol–water partition coefficient (Wildman–Crippen LogP) is 1.64. The van der Waals surface area contributed by atoms with Crippen molar-refractivity contribution in [3.63, 3.8) is 0 Å². The molecule has 1 rings (SSSR count). The lowest BCUT2D eigenvalue weighted by atomic mass is 10.1. The summed E-state index contributed by atoms with van der Waals surface area (Å²) in [5.74, 6) is 4.71. The number of benzene rings is 1. The zero-order valence-corrected chi connectivity index (χ0v) is 11.6. The van der Waals surface area contributed by atoms with Crippen LogP contribution in [0.1, 0.15) is 18.1 Å². The molecular formula is C15H20FNO2. The van der Waals surface area contributed by atoms with Crippen LogP contribution in [-0.4, -0.2) is 43.4 Å². The lowest BCUT2D eigenvalue weighted by Crippen LogP contribution is -2.32. The third-order valence-electron chi connectivity index (χ3n) is 2.93. The van der Waals surface area contributed by atoms with Gasteiger partial charge < -0.3 is 9.84 Å². The van der Waals surface area contributed by atoms with E-state index >= 15 is 0 Å². The minimum absolute atomic E-state index is 0.269. The van der Waals surface area contributed by atoms with Crippen molar-refractivity contribution in [1.29, 1.82) is 0 Å². The number of methoxy groups -OCH3 is 1. The van der Waals surface area contributed by atoms with Crippen LogP contribution in [0.2, 0.25) is 0 Å². The Balaban J connectivity index is 2.79. The zero-order valence-electron chi connectivity index (χ0n) is 11.6. The molecule has 0 bridgehead atoms. The van der Waals surface area contributed by atoms with Gasteiger partial charge >= 0.3 is 0 Å². The van der Waals surface area contributed by atoms with E-state index in [0.717, 1.165) is 5.56 Å². The van der Waals surface area contributed by atoms with E-state index in [4.69, 9.17) is 9.84 Å². The number of likely N-dealkylation sites (N-methyl/N-ethyl adjacent to an activating group) is 1. The van der Waals surface area contributed by atoms with Crippen LogP contribution in [0.15, 0.2) is 18.2 Å². The summed E-state index contributed by atoms with van der Waals surface area (Å²) in [6, 6.07) is 5.15. The Morgan fingerprint density at radius 3 is 2.84 bits per heavy atom. The fraction of sp³-hybridized carbons (Fsp3) is 0.467. The van der Waals surface area contributed by atoms with Gasteiger partial charge in [-0.1, -0.05) is 17.9 Å². The van der Waals surface area contributed by atoms with Crippen molar-refractivity contribution in [1.82, 2.24) is 4.90 Å². The summed E-state index contributed by atoms with van der Waals surface area (Å²) in [7, 11) is 3.66. The molecule has 104 valence electrons. The molecule has 0 spiro atoms. The van der Waals surface area contributed by atoms with Gasteiger partial charge in [0.05, 0.1) is 12.2 Å². The van der Waals surface area contributed by atoms with Crippen molar-refractivity contribution in [2.24, 2.45) is 0 Å². The van der Waals surface area contributed by atoms with E-state index in [-0.39, 0.29) is 18.5 Å². The quantitative estimate of drug-likeness (QED) is 0.822. The highest BCUT2D eigenvalue weighted by atomic mass is 19.1. The van der Waals surface area contributed by atoms with Crippen molar-refractivity contribution < 1.29 is 14.2 Å². The number of ether oxygens (including phenoxy) is 1. The zero-order chi connectivity index (χ0) is 14.3. The van der Waals surface area contributed by atoms with Gasteiger partial charge in [0.2, 0.25) is 0 Å². The number of hydrogen-bond acceptors (Lipinski definition) is 3. The maximum atomic E-state index is 13.5. The summed E-state index contributed by atoms with van der Waals surface area (Å²) in [5, 5.41) is 8.65. The number of aliphatic hydroxyl groups excluding tert-OH is 1. The second-order valence-electron chi connectivity index (χ2n) is 4.49. The molecule has 1 unspecified atom stereocenters. The Kier molecular flexibility index (Phi) is 6.51. The van der Waals surface area contributed by atoms with Gasteiger partial charge in [-0.2, -0.15) is 0 Å². The predicted molar refractivity (Wildman–Crippen MR) is 73.2 cm³/mol. The average molecular weight is 265 g/mol. The fourth-order valence-electron chi connectivity index (χ4n) is 1.71. The Morgan fingerprint density at radius 1 is 1.47 bits per heavy atom. The summed E-state index contributed by atoms with van der Waals surface area (Å²) < 4.78 is 18.6. The molecule has 0 amide bonds. The van der Waals surface area contributed by atoms with Crippen molar-refractivity contribution in [2.45, 2.75) is 19.5 Å². The minimum atomic E-state index is -0.364. The van der Waals surface area contributed by atoms with Crippen molar-refractivity contribution >= 4 is 0 Å². The Morgan fingerprint density at radius 2 is 2.21 bits per heavy atom. The second kappa shape index (κ2) is 7.90. The minimum Gasteiger partial charge on any atom is -0.384 e. The molecule has 19 heavy (non-hydrogen) atoms. The monoisotopic (exact) mass is 265 g/mol. The number of aliphatic hydroxyl groups is 1. The topological polar surface area (TPSA) is 32.7 Å². The lowest BCUT2D eigenvalue weighted by molar-refractivity contribution is 0.112. The summed E-state index contributed by atoms with van der Waals surface area (Å²) in [6.07, 6.45) is 0. The largest absolute Gasteiger partial charge is 0.384 e. The molecule has 0 saturated carbocycles. The van der Waals surface area contributed by atoms with E-state index in [2.05, 4.69) is 23.7 Å². The van der Waals surface area contributed by atoms with E-state index in [1.165, 1.54) is 6.07 Å². The molecule has 1 aromatic rings. The molecule has 3 nitrogen and oxygen atoms in total. The normalized spacial score (nSPS) is 12.1. The van der Waals surface area contributed by atoms with E-state index in [1.54, 1.807) is 19.2 Å². The van der Waals surface area contributed by atoms with Gasteiger partial charge in [-0.05, 0) is 31.7 Å². The van der Waals surface area contributed by atoms with Crippen molar-refractivity contribution in [3.05, 3.63) is 35.1 Å². The molecule has 0 radical (unpaired) electrons. The van der Waals surface area contributed by atoms with Gasteiger partial charge in [-0.3, -0.25) is 4.90 Å². The van der Waals surface area contributed by atoms with Gasteiger partial charge in [0.1, 0.15) is 12.4 Å². The molecule has 0 fully saturated rings. The first-order valence-electron chi connectivity index (χ1n) is 6.15. The van der Waals surface area contributed by atoms with Crippen LogP contribution in [-0.2, 0) is 11.3 Å². The van der Waals surface area contributed by atoms with Crippen LogP contribution < -0.4 is 0 Å². The van der Waals surface area contributed by atoms with E-state index in [9.17, 15) is 4.39 Å². The van der Waals surface area contributed by atoms with Crippen LogP contribution >= 0.6 is 0 Å². The van der Waals surface area contributed by atoms with Gasteiger partial charge in [0.15, 0.2) is 0 Å². The molecule has 0 heterocycles. The highest BCUT2D eigenvalue weighted by Gasteiger charge is 2.10. The Bertz CT molecular complexity index is 465. The molecule has 0 aliphatic carbocycles. The number of hydrogen-bond donors (Lipinski definition) is 1. The third kappa shape index (κ3) is 4.99. The number of nitrogens with zero attached hydrogens (tertiary/aromatic N) is 1.